The predicted molar refractivity (Wildman–Crippen MR) is 47.3 cm³/mol. The second-order valence-electron chi connectivity index (χ2n) is 1.85. The Morgan fingerprint density at radius 3 is 2.50 bits per heavy atom. The summed E-state index contributed by atoms with van der Waals surface area (Å²) in [6, 6.07) is 10.1. The van der Waals surface area contributed by atoms with Gasteiger partial charge in [-0.3, -0.25) is 5.14 Å². The van der Waals surface area contributed by atoms with Gasteiger partial charge in [-0.2, -0.15) is 0 Å². The highest BCUT2D eigenvalue weighted by Gasteiger charge is 1.79. The van der Waals surface area contributed by atoms with Gasteiger partial charge in [0.15, 0.2) is 0 Å². The molecule has 1 aromatic rings. The molecule has 0 heterocycles. The van der Waals surface area contributed by atoms with Crippen LogP contribution in [0.2, 0.25) is 0 Å². The van der Waals surface area contributed by atoms with Gasteiger partial charge in [0.05, 0.1) is 0 Å². The van der Waals surface area contributed by atoms with E-state index in [1.165, 1.54) is 17.5 Å². The lowest BCUT2D eigenvalue weighted by Crippen LogP contribution is -1.70. The Labute approximate surface area is 65.1 Å². The first-order chi connectivity index (χ1) is 4.93. The van der Waals surface area contributed by atoms with Crippen molar-refractivity contribution in [3.63, 3.8) is 0 Å². The van der Waals surface area contributed by atoms with Crippen molar-refractivity contribution in [3.8, 4) is 0 Å². The lowest BCUT2D eigenvalue weighted by atomic mass is 10.2. The Morgan fingerprint density at radius 2 is 1.90 bits per heavy atom. The Hall–Kier alpha value is -0.730. The highest BCUT2D eigenvalue weighted by atomic mass is 32.2. The molecule has 1 aromatic carbocycles. The molecule has 0 saturated carbocycles. The fourth-order valence-electron chi connectivity index (χ4n) is 0.682. The van der Waals surface area contributed by atoms with Crippen LogP contribution >= 0.6 is 11.9 Å². The number of benzene rings is 1. The summed E-state index contributed by atoms with van der Waals surface area (Å²) < 4.78 is 0. The van der Waals surface area contributed by atoms with Gasteiger partial charge in [0.2, 0.25) is 0 Å². The highest BCUT2D eigenvalue weighted by molar-refractivity contribution is 8.00. The molecule has 0 aromatic heterocycles. The molecule has 0 fully saturated rings. The summed E-state index contributed by atoms with van der Waals surface area (Å²) in [5.74, 6) is 0. The lowest BCUT2D eigenvalue weighted by Gasteiger charge is -1.88. The van der Waals surface area contributed by atoms with Gasteiger partial charge in [0.1, 0.15) is 0 Å². The van der Waals surface area contributed by atoms with Crippen LogP contribution in [0, 0.1) is 0 Å². The van der Waals surface area contributed by atoms with E-state index < -0.39 is 0 Å². The van der Waals surface area contributed by atoms with Crippen molar-refractivity contribution in [1.82, 2.24) is 0 Å². The van der Waals surface area contributed by atoms with Crippen LogP contribution in [0.5, 0.6) is 0 Å². The number of hydrogen-bond donors (Lipinski definition) is 1. The van der Waals surface area contributed by atoms with Crippen molar-refractivity contribution < 1.29 is 0 Å². The minimum Gasteiger partial charge on any atom is -0.274 e. The van der Waals surface area contributed by atoms with Crippen molar-refractivity contribution in [2.45, 2.75) is 0 Å². The molecular weight excluding hydrogens is 142 g/mol. The van der Waals surface area contributed by atoms with Crippen molar-refractivity contribution >= 4 is 18.0 Å². The fourth-order valence-corrected chi connectivity index (χ4v) is 0.918. The third-order valence-electron chi connectivity index (χ3n) is 1.14. The van der Waals surface area contributed by atoms with Crippen LogP contribution in [0.1, 0.15) is 5.56 Å². The molecule has 0 aliphatic heterocycles. The van der Waals surface area contributed by atoms with Gasteiger partial charge in [0, 0.05) is 0 Å². The summed E-state index contributed by atoms with van der Waals surface area (Å²) in [6.07, 6.45) is 1.98. The van der Waals surface area contributed by atoms with E-state index in [0.717, 1.165) is 0 Å². The molecule has 2 heteroatoms. The van der Waals surface area contributed by atoms with Crippen molar-refractivity contribution in [2.75, 3.05) is 0 Å². The zero-order valence-corrected chi connectivity index (χ0v) is 6.34. The van der Waals surface area contributed by atoms with Crippen LogP contribution in [-0.4, -0.2) is 0 Å². The molecule has 0 bridgehead atoms. The molecule has 0 spiro atoms. The first-order valence-electron chi connectivity index (χ1n) is 3.00. The summed E-state index contributed by atoms with van der Waals surface area (Å²) in [7, 11) is 0. The van der Waals surface area contributed by atoms with Crippen LogP contribution in [0.3, 0.4) is 0 Å². The molecule has 0 atom stereocenters. The molecule has 0 radical (unpaired) electrons. The monoisotopic (exact) mass is 151 g/mol. The zero-order chi connectivity index (χ0) is 7.23. The molecule has 0 aliphatic rings. The molecule has 1 nitrogen and oxygen atoms in total. The van der Waals surface area contributed by atoms with Gasteiger partial charge in [-0.05, 0) is 17.0 Å². The molecule has 10 heavy (non-hydrogen) atoms. The van der Waals surface area contributed by atoms with E-state index in [1.54, 1.807) is 0 Å². The third-order valence-corrected chi connectivity index (χ3v) is 1.43. The average molecular weight is 151 g/mol. The second-order valence-corrected chi connectivity index (χ2v) is 2.39. The maximum atomic E-state index is 5.21. The summed E-state index contributed by atoms with van der Waals surface area (Å²) in [5.41, 5.74) is 1.18. The van der Waals surface area contributed by atoms with E-state index in [4.69, 9.17) is 5.14 Å². The average Bonchev–Trinajstić information content (AvgIpc) is 2.03. The van der Waals surface area contributed by atoms with E-state index >= 15 is 0 Å². The van der Waals surface area contributed by atoms with Crippen molar-refractivity contribution in [3.05, 3.63) is 41.3 Å². The van der Waals surface area contributed by atoms with Crippen molar-refractivity contribution in [2.24, 2.45) is 5.14 Å². The van der Waals surface area contributed by atoms with Crippen molar-refractivity contribution in [1.29, 1.82) is 0 Å². The zero-order valence-electron chi connectivity index (χ0n) is 5.53. The minimum atomic E-state index is 1.18. The Balaban J connectivity index is 2.67. The fraction of sp³-hybridized carbons (Fsp3) is 0. The summed E-state index contributed by atoms with van der Waals surface area (Å²) >= 11 is 1.22. The van der Waals surface area contributed by atoms with Crippen LogP contribution in [-0.2, 0) is 0 Å². The Morgan fingerprint density at radius 1 is 1.20 bits per heavy atom. The Bertz CT molecular complexity index is 206. The largest absolute Gasteiger partial charge is 0.274 e. The normalized spacial score (nSPS) is 10.5. The van der Waals surface area contributed by atoms with E-state index in [1.807, 2.05) is 41.8 Å². The van der Waals surface area contributed by atoms with E-state index in [-0.39, 0.29) is 0 Å². The van der Waals surface area contributed by atoms with Gasteiger partial charge in [-0.15, -0.1) is 0 Å². The smallest absolute Gasteiger partial charge is 0.0132 e. The molecular formula is C8H9NS. The quantitative estimate of drug-likeness (QED) is 0.656. The van der Waals surface area contributed by atoms with E-state index in [2.05, 4.69) is 0 Å². The third kappa shape index (κ3) is 2.25. The number of rotatable bonds is 2. The highest BCUT2D eigenvalue weighted by Crippen LogP contribution is 2.02. The molecule has 0 unspecified atom stereocenters. The second kappa shape index (κ2) is 4.14. The Kier molecular flexibility index (Phi) is 3.06. The molecule has 52 valence electrons. The first-order valence-corrected chi connectivity index (χ1v) is 3.95. The lowest BCUT2D eigenvalue weighted by molar-refractivity contribution is 1.67. The van der Waals surface area contributed by atoms with Gasteiger partial charge in [-0.1, -0.05) is 42.3 Å². The van der Waals surface area contributed by atoms with E-state index in [9.17, 15) is 0 Å². The maximum absolute atomic E-state index is 5.21. The summed E-state index contributed by atoms with van der Waals surface area (Å²) in [4.78, 5) is 0. The predicted octanol–water partition coefficient (Wildman–Crippen LogP) is 2.26. The standard InChI is InChI=1S/C8H9NS/c9-10-7-6-8-4-2-1-3-5-8/h1-7H,9H2. The van der Waals surface area contributed by atoms with Gasteiger partial charge < -0.3 is 0 Å². The SMILES string of the molecule is NSC=Cc1ccccc1. The molecule has 2 N–H and O–H groups in total. The van der Waals surface area contributed by atoms with Gasteiger partial charge >= 0.3 is 0 Å². The van der Waals surface area contributed by atoms with E-state index in [0.29, 0.717) is 0 Å². The van der Waals surface area contributed by atoms with Gasteiger partial charge in [0.25, 0.3) is 0 Å². The number of nitrogens with two attached hydrogens (primary N) is 1. The van der Waals surface area contributed by atoms with Gasteiger partial charge in [-0.25, -0.2) is 0 Å². The summed E-state index contributed by atoms with van der Waals surface area (Å²) in [5, 5.41) is 7.06. The topological polar surface area (TPSA) is 26.0 Å². The molecule has 1 rings (SSSR count). The number of hydrogen-bond acceptors (Lipinski definition) is 2. The minimum absolute atomic E-state index is 1.18. The van der Waals surface area contributed by atoms with Crippen LogP contribution < -0.4 is 5.14 Å². The maximum Gasteiger partial charge on any atom is -0.0132 e. The van der Waals surface area contributed by atoms with Crippen LogP contribution in [0.25, 0.3) is 6.08 Å². The van der Waals surface area contributed by atoms with Crippen LogP contribution in [0.4, 0.5) is 0 Å². The first kappa shape index (κ1) is 7.38. The molecule has 0 saturated heterocycles. The summed E-state index contributed by atoms with van der Waals surface area (Å²) in [6.45, 7) is 0. The molecule has 0 aliphatic carbocycles. The van der Waals surface area contributed by atoms with Crippen LogP contribution in [0.15, 0.2) is 35.7 Å². The molecule has 0 amide bonds.